The Hall–Kier alpha value is -1.88. The molecule has 1 aromatic carbocycles. The van der Waals surface area contributed by atoms with Crippen LogP contribution in [0.3, 0.4) is 0 Å². The monoisotopic (exact) mass is 326 g/mol. The number of nitrogens with zero attached hydrogens (tertiary/aromatic N) is 4. The average molecular weight is 326 g/mol. The van der Waals surface area contributed by atoms with E-state index < -0.39 is 0 Å². The summed E-state index contributed by atoms with van der Waals surface area (Å²) in [6.45, 7) is 7.40. The number of amidine groups is 1. The topological polar surface area (TPSA) is 41.4 Å². The van der Waals surface area contributed by atoms with E-state index in [1.54, 1.807) is 6.33 Å². The van der Waals surface area contributed by atoms with Gasteiger partial charge in [-0.3, -0.25) is 4.99 Å². The van der Waals surface area contributed by atoms with Gasteiger partial charge in [-0.1, -0.05) is 30.8 Å². The van der Waals surface area contributed by atoms with Crippen molar-refractivity contribution < 1.29 is 0 Å². The van der Waals surface area contributed by atoms with E-state index in [0.29, 0.717) is 0 Å². The molecular weight excluding hydrogens is 304 g/mol. The van der Waals surface area contributed by atoms with Gasteiger partial charge < -0.3 is 4.90 Å². The molecule has 1 atom stereocenters. The molecule has 0 saturated heterocycles. The summed E-state index contributed by atoms with van der Waals surface area (Å²) < 4.78 is 0. The molecule has 3 rings (SSSR count). The maximum atomic E-state index is 4.74. The van der Waals surface area contributed by atoms with E-state index >= 15 is 0 Å². The van der Waals surface area contributed by atoms with Gasteiger partial charge in [-0.05, 0) is 37.5 Å². The summed E-state index contributed by atoms with van der Waals surface area (Å²) in [4.78, 5) is 15.5. The summed E-state index contributed by atoms with van der Waals surface area (Å²) in [6.07, 6.45) is 6.39. The van der Waals surface area contributed by atoms with E-state index in [4.69, 9.17) is 4.99 Å². The predicted octanol–water partition coefficient (Wildman–Crippen LogP) is 4.15. The Balaban J connectivity index is 2.10. The highest BCUT2D eigenvalue weighted by atomic mass is 32.2. The largest absolute Gasteiger partial charge is 0.313 e. The summed E-state index contributed by atoms with van der Waals surface area (Å²) >= 11 is 1.83. The fraction of sp³-hybridized carbons (Fsp3) is 0.389. The van der Waals surface area contributed by atoms with Crippen molar-refractivity contribution in [1.82, 2.24) is 9.97 Å². The minimum atomic E-state index is 0.195. The molecule has 0 radical (unpaired) electrons. The van der Waals surface area contributed by atoms with Crippen LogP contribution in [0.25, 0.3) is 0 Å². The lowest BCUT2D eigenvalue weighted by Gasteiger charge is -2.33. The second kappa shape index (κ2) is 7.13. The Kier molecular flexibility index (Phi) is 4.96. The van der Waals surface area contributed by atoms with Crippen LogP contribution in [-0.4, -0.2) is 27.4 Å². The normalized spacial score (nSPS) is 15.3. The fourth-order valence-electron chi connectivity index (χ4n) is 2.90. The van der Waals surface area contributed by atoms with Crippen molar-refractivity contribution in [2.75, 3.05) is 17.2 Å². The lowest BCUT2D eigenvalue weighted by Crippen LogP contribution is -2.33. The van der Waals surface area contributed by atoms with E-state index in [2.05, 4.69) is 53.8 Å². The molecule has 0 bridgehead atoms. The lowest BCUT2D eigenvalue weighted by atomic mass is 10.0. The molecule has 1 aliphatic heterocycles. The van der Waals surface area contributed by atoms with Crippen LogP contribution in [0.1, 0.15) is 36.1 Å². The van der Waals surface area contributed by atoms with Crippen molar-refractivity contribution in [1.29, 1.82) is 0 Å². The molecule has 0 amide bonds. The first-order valence-corrected chi connectivity index (χ1v) is 8.98. The van der Waals surface area contributed by atoms with Crippen molar-refractivity contribution in [3.63, 3.8) is 0 Å². The molecule has 4 nitrogen and oxygen atoms in total. The Bertz CT molecular complexity index is 699. The van der Waals surface area contributed by atoms with Gasteiger partial charge in [0.05, 0.1) is 12.6 Å². The number of anilines is 1. The Morgan fingerprint density at radius 2 is 2.00 bits per heavy atom. The van der Waals surface area contributed by atoms with Crippen molar-refractivity contribution in [2.24, 2.45) is 4.99 Å². The van der Waals surface area contributed by atoms with Gasteiger partial charge in [-0.2, -0.15) is 0 Å². The molecule has 120 valence electrons. The number of aryl methyl sites for hydroxylation is 2. The van der Waals surface area contributed by atoms with Crippen LogP contribution < -0.4 is 4.90 Å². The molecule has 1 aliphatic rings. The maximum Gasteiger partial charge on any atom is 0.164 e. The molecular formula is C18H22N4S. The molecule has 0 N–H and O–H groups in total. The number of hydrogen-bond donors (Lipinski definition) is 0. The smallest absolute Gasteiger partial charge is 0.164 e. The molecule has 23 heavy (non-hydrogen) atoms. The summed E-state index contributed by atoms with van der Waals surface area (Å²) in [7, 11) is 0. The lowest BCUT2D eigenvalue weighted by molar-refractivity contribution is 0.679. The van der Waals surface area contributed by atoms with Crippen molar-refractivity contribution in [3.8, 4) is 0 Å². The second-order valence-corrected chi connectivity index (χ2v) is 6.83. The van der Waals surface area contributed by atoms with Gasteiger partial charge in [-0.25, -0.2) is 9.97 Å². The summed E-state index contributed by atoms with van der Waals surface area (Å²) in [5.41, 5.74) is 4.89. The third-order valence-corrected chi connectivity index (χ3v) is 5.03. The zero-order chi connectivity index (χ0) is 16.2. The van der Waals surface area contributed by atoms with Crippen LogP contribution in [0.5, 0.6) is 0 Å². The Labute approximate surface area is 142 Å². The quantitative estimate of drug-likeness (QED) is 0.846. The predicted molar refractivity (Wildman–Crippen MR) is 98.2 cm³/mol. The number of hydrogen-bond acceptors (Lipinski definition) is 5. The fourth-order valence-corrected chi connectivity index (χ4v) is 3.82. The number of thioether (sulfide) groups is 1. The minimum Gasteiger partial charge on any atom is -0.313 e. The number of aromatic nitrogens is 2. The first-order chi connectivity index (χ1) is 11.2. The Morgan fingerprint density at radius 3 is 2.65 bits per heavy atom. The SMILES string of the molecule is CCC(c1cncnc1)N(C1=NCCS1)c1cc(C)ccc1C. The van der Waals surface area contributed by atoms with Crippen molar-refractivity contribution in [3.05, 3.63) is 53.6 Å². The number of rotatable bonds is 4. The minimum absolute atomic E-state index is 0.195. The highest BCUT2D eigenvalue weighted by Gasteiger charge is 2.27. The van der Waals surface area contributed by atoms with Crippen LogP contribution in [0.15, 0.2) is 41.9 Å². The average Bonchev–Trinajstić information content (AvgIpc) is 3.10. The summed E-state index contributed by atoms with van der Waals surface area (Å²) in [5, 5.41) is 1.11. The molecule has 0 saturated carbocycles. The summed E-state index contributed by atoms with van der Waals surface area (Å²) in [6, 6.07) is 6.80. The highest BCUT2D eigenvalue weighted by molar-refractivity contribution is 8.14. The van der Waals surface area contributed by atoms with E-state index in [0.717, 1.165) is 29.4 Å². The zero-order valence-electron chi connectivity index (χ0n) is 13.9. The van der Waals surface area contributed by atoms with Gasteiger partial charge in [0.1, 0.15) is 6.33 Å². The van der Waals surface area contributed by atoms with Crippen LogP contribution in [0.2, 0.25) is 0 Å². The van der Waals surface area contributed by atoms with Gasteiger partial charge in [0.2, 0.25) is 0 Å². The zero-order valence-corrected chi connectivity index (χ0v) is 14.7. The molecule has 0 aliphatic carbocycles. The van der Waals surface area contributed by atoms with E-state index in [1.165, 1.54) is 16.8 Å². The third kappa shape index (κ3) is 3.39. The van der Waals surface area contributed by atoms with Gasteiger partial charge >= 0.3 is 0 Å². The molecule has 5 heteroatoms. The van der Waals surface area contributed by atoms with Crippen molar-refractivity contribution in [2.45, 2.75) is 33.2 Å². The summed E-state index contributed by atoms with van der Waals surface area (Å²) in [5.74, 6) is 1.05. The van der Waals surface area contributed by atoms with E-state index in [1.807, 2.05) is 24.2 Å². The molecule has 0 spiro atoms. The first-order valence-electron chi connectivity index (χ1n) is 7.99. The molecule has 2 aromatic rings. The van der Waals surface area contributed by atoms with Crippen LogP contribution >= 0.6 is 11.8 Å². The molecule has 2 heterocycles. The first kappa shape index (κ1) is 16.0. The second-order valence-electron chi connectivity index (χ2n) is 5.77. The maximum absolute atomic E-state index is 4.74. The number of aliphatic imine (C=N–C) groups is 1. The third-order valence-electron chi connectivity index (χ3n) is 4.06. The van der Waals surface area contributed by atoms with Gasteiger partial charge in [-0.15, -0.1) is 0 Å². The van der Waals surface area contributed by atoms with Crippen molar-refractivity contribution >= 4 is 22.6 Å². The van der Waals surface area contributed by atoms with Gasteiger partial charge in [0, 0.05) is 29.4 Å². The van der Waals surface area contributed by atoms with Crippen LogP contribution in [-0.2, 0) is 0 Å². The van der Waals surface area contributed by atoms with Gasteiger partial charge in [0.15, 0.2) is 5.17 Å². The standard InChI is InChI=1S/C18H22N4S/c1-4-16(15-10-19-12-20-11-15)22(18-21-7-8-23-18)17-9-13(2)5-6-14(17)3/h5-6,9-12,16H,4,7-8H2,1-3H3. The molecule has 0 fully saturated rings. The van der Waals surface area contributed by atoms with Crippen LogP contribution in [0, 0.1) is 13.8 Å². The molecule has 1 aromatic heterocycles. The Morgan fingerprint density at radius 1 is 1.22 bits per heavy atom. The number of benzene rings is 1. The molecule has 1 unspecified atom stereocenters. The van der Waals surface area contributed by atoms with Crippen LogP contribution in [0.4, 0.5) is 5.69 Å². The van der Waals surface area contributed by atoms with Gasteiger partial charge in [0.25, 0.3) is 0 Å². The van der Waals surface area contributed by atoms with E-state index in [-0.39, 0.29) is 6.04 Å². The van der Waals surface area contributed by atoms with E-state index in [9.17, 15) is 0 Å². The highest BCUT2D eigenvalue weighted by Crippen LogP contribution is 2.36.